The highest BCUT2D eigenvalue weighted by molar-refractivity contribution is 5.47. The summed E-state index contributed by atoms with van der Waals surface area (Å²) in [5, 5.41) is 0. The maximum Gasteiger partial charge on any atom is 0.485 e. The predicted molar refractivity (Wildman–Crippen MR) is 48.6 cm³/mol. The number of alkyl halides is 3. The van der Waals surface area contributed by atoms with Crippen LogP contribution in [0.2, 0.25) is 0 Å². The van der Waals surface area contributed by atoms with Crippen molar-refractivity contribution in [3.63, 3.8) is 0 Å². The van der Waals surface area contributed by atoms with Gasteiger partial charge in [-0.2, -0.15) is 13.2 Å². The van der Waals surface area contributed by atoms with Crippen LogP contribution in [-0.2, 0) is 0 Å². The molecule has 0 spiro atoms. The van der Waals surface area contributed by atoms with Gasteiger partial charge in [0.15, 0.2) is 0 Å². The van der Waals surface area contributed by atoms with Crippen molar-refractivity contribution in [1.29, 1.82) is 0 Å². The van der Waals surface area contributed by atoms with Crippen LogP contribution in [0.25, 0.3) is 0 Å². The fourth-order valence-electron chi connectivity index (χ4n) is 1.28. The average molecular weight is 215 g/mol. The zero-order valence-electron chi connectivity index (χ0n) is 7.65. The molecule has 0 saturated carbocycles. The summed E-state index contributed by atoms with van der Waals surface area (Å²) in [6.07, 6.45) is 1.15. The van der Waals surface area contributed by atoms with Gasteiger partial charge in [0.25, 0.3) is 0 Å². The Hall–Kier alpha value is -1.72. The van der Waals surface area contributed by atoms with Gasteiger partial charge in [0.05, 0.1) is 11.9 Å². The molecule has 2 heterocycles. The van der Waals surface area contributed by atoms with Gasteiger partial charge in [-0.3, -0.25) is 9.88 Å². The first-order valence-corrected chi connectivity index (χ1v) is 4.26. The van der Waals surface area contributed by atoms with Gasteiger partial charge < -0.3 is 4.90 Å². The van der Waals surface area contributed by atoms with Crippen LogP contribution in [0.1, 0.15) is 0 Å². The highest BCUT2D eigenvalue weighted by Crippen LogP contribution is 2.27. The third-order valence-electron chi connectivity index (χ3n) is 2.03. The van der Waals surface area contributed by atoms with Gasteiger partial charge in [-0.1, -0.05) is 0 Å². The molecule has 0 atom stereocenters. The van der Waals surface area contributed by atoms with E-state index in [2.05, 4.69) is 4.98 Å². The van der Waals surface area contributed by atoms with Crippen molar-refractivity contribution in [3.8, 4) is 0 Å². The van der Waals surface area contributed by atoms with E-state index in [1.54, 1.807) is 18.3 Å². The van der Waals surface area contributed by atoms with Crippen LogP contribution in [-0.4, -0.2) is 22.9 Å². The lowest BCUT2D eigenvalue weighted by atomic mass is 10.4. The van der Waals surface area contributed by atoms with Gasteiger partial charge in [0, 0.05) is 18.6 Å². The molecule has 0 fully saturated rings. The summed E-state index contributed by atoms with van der Waals surface area (Å²) in [6.45, 7) is -0.227. The van der Waals surface area contributed by atoms with E-state index in [9.17, 15) is 13.2 Å². The second-order valence-corrected chi connectivity index (χ2v) is 3.06. The number of hydrogen-bond donors (Lipinski definition) is 0. The molecule has 0 bridgehead atoms. The minimum atomic E-state index is -4.33. The molecule has 80 valence electrons. The molecule has 0 amide bonds. The molecule has 0 N–H and O–H groups in total. The third-order valence-corrected chi connectivity index (χ3v) is 2.03. The SMILES string of the molecule is FC(F)(F)N1C=CN(c2cccnc2)C1. The monoisotopic (exact) mass is 215 g/mol. The molecule has 1 aromatic heterocycles. The number of halogens is 3. The molecule has 1 aliphatic rings. The van der Waals surface area contributed by atoms with Gasteiger partial charge in [0.2, 0.25) is 0 Å². The molecule has 0 radical (unpaired) electrons. The predicted octanol–water partition coefficient (Wildman–Crippen LogP) is 2.15. The molecule has 1 aliphatic heterocycles. The quantitative estimate of drug-likeness (QED) is 0.669. The maximum absolute atomic E-state index is 12.3. The van der Waals surface area contributed by atoms with Gasteiger partial charge >= 0.3 is 6.30 Å². The van der Waals surface area contributed by atoms with Crippen LogP contribution in [0.5, 0.6) is 0 Å². The molecule has 1 aromatic rings. The maximum atomic E-state index is 12.3. The lowest BCUT2D eigenvalue weighted by Crippen LogP contribution is -2.36. The molecule has 15 heavy (non-hydrogen) atoms. The molecule has 0 aromatic carbocycles. The Morgan fingerprint density at radius 2 is 2.07 bits per heavy atom. The number of rotatable bonds is 1. The van der Waals surface area contributed by atoms with Crippen molar-refractivity contribution >= 4 is 5.69 Å². The minimum absolute atomic E-state index is 0.227. The van der Waals surface area contributed by atoms with Crippen LogP contribution >= 0.6 is 0 Å². The summed E-state index contributed by atoms with van der Waals surface area (Å²) in [5.41, 5.74) is 0.639. The van der Waals surface area contributed by atoms with Crippen LogP contribution in [0, 0.1) is 0 Å². The lowest BCUT2D eigenvalue weighted by Gasteiger charge is -2.22. The Kier molecular flexibility index (Phi) is 2.26. The Labute approximate surface area is 84.4 Å². The van der Waals surface area contributed by atoms with Crippen molar-refractivity contribution in [2.24, 2.45) is 0 Å². The van der Waals surface area contributed by atoms with E-state index in [-0.39, 0.29) is 6.67 Å². The normalized spacial score (nSPS) is 16.2. The number of anilines is 1. The molecule has 0 aliphatic carbocycles. The summed E-state index contributed by atoms with van der Waals surface area (Å²) in [7, 11) is 0. The summed E-state index contributed by atoms with van der Waals surface area (Å²) in [5.74, 6) is 0. The Morgan fingerprint density at radius 1 is 1.27 bits per heavy atom. The second-order valence-electron chi connectivity index (χ2n) is 3.06. The van der Waals surface area contributed by atoms with Gasteiger partial charge in [-0.05, 0) is 12.1 Å². The lowest BCUT2D eigenvalue weighted by molar-refractivity contribution is -0.224. The van der Waals surface area contributed by atoms with Crippen LogP contribution in [0.3, 0.4) is 0 Å². The topological polar surface area (TPSA) is 19.4 Å². The van der Waals surface area contributed by atoms with Gasteiger partial charge in [-0.15, -0.1) is 0 Å². The second kappa shape index (κ2) is 3.45. The van der Waals surface area contributed by atoms with E-state index in [1.165, 1.54) is 17.3 Å². The van der Waals surface area contributed by atoms with E-state index in [1.807, 2.05) is 0 Å². The first kappa shape index (κ1) is 9.82. The van der Waals surface area contributed by atoms with E-state index in [0.717, 1.165) is 6.20 Å². The largest absolute Gasteiger partial charge is 0.485 e. The Bertz CT molecular complexity index is 361. The average Bonchev–Trinajstić information content (AvgIpc) is 2.67. The molecule has 6 heteroatoms. The zero-order valence-corrected chi connectivity index (χ0v) is 7.65. The highest BCUT2D eigenvalue weighted by Gasteiger charge is 2.38. The molecule has 0 saturated heterocycles. The van der Waals surface area contributed by atoms with Crippen LogP contribution in [0.4, 0.5) is 18.9 Å². The van der Waals surface area contributed by atoms with Crippen molar-refractivity contribution in [3.05, 3.63) is 36.9 Å². The highest BCUT2D eigenvalue weighted by atomic mass is 19.4. The van der Waals surface area contributed by atoms with Gasteiger partial charge in [-0.25, -0.2) is 0 Å². The number of hydrogen-bond acceptors (Lipinski definition) is 3. The van der Waals surface area contributed by atoms with Crippen LogP contribution < -0.4 is 4.90 Å². The first-order chi connectivity index (χ1) is 7.07. The molecule has 0 unspecified atom stereocenters. The first-order valence-electron chi connectivity index (χ1n) is 4.26. The van der Waals surface area contributed by atoms with Crippen LogP contribution in [0.15, 0.2) is 36.9 Å². The Morgan fingerprint density at radius 3 is 2.60 bits per heavy atom. The molecular formula is C9H8F3N3. The summed E-state index contributed by atoms with van der Waals surface area (Å²) in [6, 6.07) is 3.39. The summed E-state index contributed by atoms with van der Waals surface area (Å²) >= 11 is 0. The molecular weight excluding hydrogens is 207 g/mol. The molecule has 2 rings (SSSR count). The van der Waals surface area contributed by atoms with Crippen molar-refractivity contribution in [2.75, 3.05) is 11.6 Å². The fraction of sp³-hybridized carbons (Fsp3) is 0.222. The molecule has 3 nitrogen and oxygen atoms in total. The zero-order chi connectivity index (χ0) is 10.9. The summed E-state index contributed by atoms with van der Waals surface area (Å²) in [4.78, 5) is 5.62. The van der Waals surface area contributed by atoms with Crippen molar-refractivity contribution < 1.29 is 13.2 Å². The van der Waals surface area contributed by atoms with Crippen molar-refractivity contribution in [2.45, 2.75) is 6.30 Å². The van der Waals surface area contributed by atoms with Gasteiger partial charge in [0.1, 0.15) is 6.67 Å². The third kappa shape index (κ3) is 2.03. The Balaban J connectivity index is 2.10. The van der Waals surface area contributed by atoms with E-state index < -0.39 is 6.30 Å². The smallest absolute Gasteiger partial charge is 0.327 e. The number of pyridine rings is 1. The minimum Gasteiger partial charge on any atom is -0.327 e. The summed E-state index contributed by atoms with van der Waals surface area (Å²) < 4.78 is 36.8. The van der Waals surface area contributed by atoms with E-state index in [0.29, 0.717) is 10.6 Å². The number of nitrogens with zero attached hydrogens (tertiary/aromatic N) is 3. The van der Waals surface area contributed by atoms with E-state index >= 15 is 0 Å². The standard InChI is InChI=1S/C9H8F3N3/c10-9(11,12)15-5-4-14(7-15)8-2-1-3-13-6-8/h1-6H,7H2. The van der Waals surface area contributed by atoms with E-state index in [4.69, 9.17) is 0 Å². The van der Waals surface area contributed by atoms with Crippen molar-refractivity contribution in [1.82, 2.24) is 9.88 Å². The fourth-order valence-corrected chi connectivity index (χ4v) is 1.28. The number of aromatic nitrogens is 1.